The maximum Gasteiger partial charge on any atom is 0.338 e. The third-order valence-electron chi connectivity index (χ3n) is 2.97. The van der Waals surface area contributed by atoms with Gasteiger partial charge in [0, 0.05) is 16.2 Å². The van der Waals surface area contributed by atoms with E-state index in [1.54, 1.807) is 11.0 Å². The molecule has 0 aliphatic carbocycles. The van der Waals surface area contributed by atoms with Crippen LogP contribution >= 0.6 is 15.9 Å². The number of methoxy groups -OCH3 is 1. The van der Waals surface area contributed by atoms with Crippen molar-refractivity contribution in [2.75, 3.05) is 12.0 Å². The summed E-state index contributed by atoms with van der Waals surface area (Å²) in [5.74, 6) is -0.394. The maximum atomic E-state index is 12.0. The highest BCUT2D eigenvalue weighted by atomic mass is 79.9. The number of amides is 1. The highest BCUT2D eigenvalue weighted by Crippen LogP contribution is 2.36. The van der Waals surface area contributed by atoms with E-state index in [2.05, 4.69) is 15.9 Å². The Morgan fingerprint density at radius 3 is 2.67 bits per heavy atom. The molecule has 0 spiro atoms. The van der Waals surface area contributed by atoms with Crippen LogP contribution in [-0.4, -0.2) is 25.0 Å². The number of rotatable bonds is 2. The highest BCUT2D eigenvalue weighted by Gasteiger charge is 2.33. The average Bonchev–Trinajstić information content (AvgIpc) is 2.62. The number of carbonyl (C=O) groups excluding carboxylic acids is 2. The molecule has 1 aliphatic heterocycles. The monoisotopic (exact) mass is 311 g/mol. The number of carbonyl (C=O) groups is 2. The zero-order chi connectivity index (χ0) is 13.4. The molecule has 0 atom stereocenters. The van der Waals surface area contributed by atoms with Crippen molar-refractivity contribution in [3.05, 3.63) is 27.7 Å². The predicted molar refractivity (Wildman–Crippen MR) is 71.8 cm³/mol. The van der Waals surface area contributed by atoms with Gasteiger partial charge < -0.3 is 9.64 Å². The van der Waals surface area contributed by atoms with E-state index < -0.39 is 5.97 Å². The van der Waals surface area contributed by atoms with Crippen molar-refractivity contribution in [2.45, 2.75) is 26.3 Å². The molecule has 96 valence electrons. The molecule has 0 fully saturated rings. The summed E-state index contributed by atoms with van der Waals surface area (Å²) in [5, 5.41) is 0. The van der Waals surface area contributed by atoms with Crippen LogP contribution in [-0.2, 0) is 16.0 Å². The summed E-state index contributed by atoms with van der Waals surface area (Å²) < 4.78 is 5.52. The van der Waals surface area contributed by atoms with Gasteiger partial charge in [-0.05, 0) is 31.5 Å². The Morgan fingerprint density at radius 1 is 1.44 bits per heavy atom. The zero-order valence-electron chi connectivity index (χ0n) is 10.5. The Morgan fingerprint density at radius 2 is 2.11 bits per heavy atom. The quantitative estimate of drug-likeness (QED) is 0.789. The molecular formula is C13H14BrNO3. The van der Waals surface area contributed by atoms with Crippen LogP contribution < -0.4 is 4.90 Å². The summed E-state index contributed by atoms with van der Waals surface area (Å²) in [6.45, 7) is 3.90. The van der Waals surface area contributed by atoms with Gasteiger partial charge in [0.25, 0.3) is 0 Å². The Kier molecular flexibility index (Phi) is 3.43. The number of nitrogens with zero attached hydrogens (tertiary/aromatic N) is 1. The second-order valence-corrected chi connectivity index (χ2v) is 5.39. The largest absolute Gasteiger partial charge is 0.465 e. The van der Waals surface area contributed by atoms with Crippen molar-refractivity contribution < 1.29 is 14.3 Å². The molecule has 0 bridgehead atoms. The first-order valence-electron chi connectivity index (χ1n) is 5.68. The first-order chi connectivity index (χ1) is 8.45. The standard InChI is InChI=1S/C13H14BrNO3/c1-7(2)15-11-5-8(14)4-10(13(17)18-3)9(11)6-12(15)16/h4-5,7H,6H2,1-3H3. The second-order valence-electron chi connectivity index (χ2n) is 4.48. The first kappa shape index (κ1) is 13.1. The summed E-state index contributed by atoms with van der Waals surface area (Å²) in [4.78, 5) is 25.5. The van der Waals surface area contributed by atoms with Crippen LogP contribution in [0.3, 0.4) is 0 Å². The van der Waals surface area contributed by atoms with Gasteiger partial charge in [-0.3, -0.25) is 4.79 Å². The first-order valence-corrected chi connectivity index (χ1v) is 6.47. The van der Waals surface area contributed by atoms with E-state index in [1.807, 2.05) is 19.9 Å². The molecule has 1 aromatic rings. The Labute approximate surface area is 114 Å². The van der Waals surface area contributed by atoms with Crippen LogP contribution in [0.5, 0.6) is 0 Å². The molecule has 1 heterocycles. The van der Waals surface area contributed by atoms with Crippen LogP contribution in [0.4, 0.5) is 5.69 Å². The van der Waals surface area contributed by atoms with Crippen molar-refractivity contribution in [3.63, 3.8) is 0 Å². The topological polar surface area (TPSA) is 46.6 Å². The summed E-state index contributed by atoms with van der Waals surface area (Å²) >= 11 is 3.36. The number of anilines is 1. The molecule has 4 nitrogen and oxygen atoms in total. The number of benzene rings is 1. The Balaban J connectivity index is 2.61. The number of hydrogen-bond acceptors (Lipinski definition) is 3. The van der Waals surface area contributed by atoms with Gasteiger partial charge >= 0.3 is 5.97 Å². The van der Waals surface area contributed by atoms with Crippen LogP contribution in [0.2, 0.25) is 0 Å². The van der Waals surface area contributed by atoms with Crippen molar-refractivity contribution in [1.82, 2.24) is 0 Å². The van der Waals surface area contributed by atoms with E-state index in [0.717, 1.165) is 15.7 Å². The SMILES string of the molecule is COC(=O)c1cc(Br)cc2c1CC(=O)N2C(C)C. The van der Waals surface area contributed by atoms with Gasteiger partial charge in [0.2, 0.25) is 5.91 Å². The van der Waals surface area contributed by atoms with E-state index in [-0.39, 0.29) is 18.4 Å². The van der Waals surface area contributed by atoms with Gasteiger partial charge in [-0.25, -0.2) is 4.79 Å². The fourth-order valence-electron chi connectivity index (χ4n) is 2.25. The molecule has 18 heavy (non-hydrogen) atoms. The molecule has 1 aromatic carbocycles. The van der Waals surface area contributed by atoms with Crippen molar-refractivity contribution in [1.29, 1.82) is 0 Å². The summed E-state index contributed by atoms with van der Waals surface area (Å²) in [5.41, 5.74) is 2.01. The molecule has 0 saturated heterocycles. The maximum absolute atomic E-state index is 12.0. The zero-order valence-corrected chi connectivity index (χ0v) is 12.1. The van der Waals surface area contributed by atoms with Crippen LogP contribution in [0.15, 0.2) is 16.6 Å². The van der Waals surface area contributed by atoms with Crippen LogP contribution in [0.1, 0.15) is 29.8 Å². The molecule has 5 heteroatoms. The molecule has 2 rings (SSSR count). The van der Waals surface area contributed by atoms with Gasteiger partial charge in [-0.2, -0.15) is 0 Å². The minimum Gasteiger partial charge on any atom is -0.465 e. The summed E-state index contributed by atoms with van der Waals surface area (Å²) in [7, 11) is 1.34. The summed E-state index contributed by atoms with van der Waals surface area (Å²) in [6.07, 6.45) is 0.255. The molecule has 0 aromatic heterocycles. The highest BCUT2D eigenvalue weighted by molar-refractivity contribution is 9.10. The third-order valence-corrected chi connectivity index (χ3v) is 3.43. The van der Waals surface area contributed by atoms with Gasteiger partial charge in [-0.1, -0.05) is 15.9 Å². The van der Waals surface area contributed by atoms with E-state index in [9.17, 15) is 9.59 Å². The van der Waals surface area contributed by atoms with E-state index in [4.69, 9.17) is 4.74 Å². The van der Waals surface area contributed by atoms with Crippen molar-refractivity contribution >= 4 is 33.5 Å². The number of hydrogen-bond donors (Lipinski definition) is 0. The van der Waals surface area contributed by atoms with Crippen molar-refractivity contribution in [3.8, 4) is 0 Å². The fraction of sp³-hybridized carbons (Fsp3) is 0.385. The molecule has 1 aliphatic rings. The van der Waals surface area contributed by atoms with Gasteiger partial charge in [0.05, 0.1) is 19.1 Å². The van der Waals surface area contributed by atoms with Gasteiger partial charge in [0.15, 0.2) is 0 Å². The smallest absolute Gasteiger partial charge is 0.338 e. The second kappa shape index (κ2) is 4.72. The van der Waals surface area contributed by atoms with Crippen molar-refractivity contribution in [2.24, 2.45) is 0 Å². The molecule has 0 N–H and O–H groups in total. The lowest BCUT2D eigenvalue weighted by molar-refractivity contribution is -0.117. The van der Waals surface area contributed by atoms with Crippen LogP contribution in [0.25, 0.3) is 0 Å². The number of ether oxygens (including phenoxy) is 1. The molecule has 0 radical (unpaired) electrons. The lowest BCUT2D eigenvalue weighted by Crippen LogP contribution is -2.33. The molecular weight excluding hydrogens is 298 g/mol. The van der Waals surface area contributed by atoms with E-state index in [1.165, 1.54) is 7.11 Å². The lowest BCUT2D eigenvalue weighted by atomic mass is 10.0. The summed E-state index contributed by atoms with van der Waals surface area (Å²) in [6, 6.07) is 3.63. The average molecular weight is 312 g/mol. The fourth-order valence-corrected chi connectivity index (χ4v) is 2.70. The Bertz CT molecular complexity index is 525. The van der Waals surface area contributed by atoms with E-state index in [0.29, 0.717) is 5.56 Å². The number of esters is 1. The molecule has 0 saturated carbocycles. The van der Waals surface area contributed by atoms with E-state index >= 15 is 0 Å². The minimum atomic E-state index is -0.411. The van der Waals surface area contributed by atoms with Crippen LogP contribution in [0, 0.1) is 0 Å². The Hall–Kier alpha value is -1.36. The normalized spacial score (nSPS) is 14.1. The number of halogens is 1. The third kappa shape index (κ3) is 2.03. The van der Waals surface area contributed by atoms with Gasteiger partial charge in [-0.15, -0.1) is 0 Å². The van der Waals surface area contributed by atoms with Gasteiger partial charge in [0.1, 0.15) is 0 Å². The minimum absolute atomic E-state index is 0.0169. The molecule has 1 amide bonds. The molecule has 0 unspecified atom stereocenters. The number of fused-ring (bicyclic) bond motifs is 1. The predicted octanol–water partition coefficient (Wildman–Crippen LogP) is 2.53. The lowest BCUT2D eigenvalue weighted by Gasteiger charge is -2.22.